The summed E-state index contributed by atoms with van der Waals surface area (Å²) in [6, 6.07) is 12.4. The van der Waals surface area contributed by atoms with E-state index in [1.54, 1.807) is 12.1 Å². The number of pyridine rings is 1. The Kier molecular flexibility index (Phi) is 8.27. The highest BCUT2D eigenvalue weighted by molar-refractivity contribution is 5.88. The van der Waals surface area contributed by atoms with Gasteiger partial charge in [-0.1, -0.05) is 35.5 Å². The second-order valence-corrected chi connectivity index (χ2v) is 6.25. The summed E-state index contributed by atoms with van der Waals surface area (Å²) in [5.74, 6) is -0.0811. The van der Waals surface area contributed by atoms with Gasteiger partial charge in [0.25, 0.3) is 0 Å². The predicted octanol–water partition coefficient (Wildman–Crippen LogP) is 2.95. The number of carbonyl (C=O) groups excluding carboxylic acids is 2. The van der Waals surface area contributed by atoms with Gasteiger partial charge in [0.1, 0.15) is 12.3 Å². The standard InChI is InChI=1S/C18H14N2O5.C4H8O2/c1-23-18(22)13-7-8-16(19-9-13)24-11-14-15(10-21)25-20-17(14)12-5-3-2-4-6-12;1-2-6-4-3-5-1/h2-10H,11H2,1H3;1-4H2. The van der Waals surface area contributed by atoms with Gasteiger partial charge in [0.05, 0.1) is 44.7 Å². The van der Waals surface area contributed by atoms with Crippen molar-refractivity contribution >= 4 is 12.3 Å². The van der Waals surface area contributed by atoms with Crippen molar-refractivity contribution in [2.24, 2.45) is 0 Å². The Morgan fingerprint density at radius 3 is 2.32 bits per heavy atom. The summed E-state index contributed by atoms with van der Waals surface area (Å²) in [6.45, 7) is 3.16. The average Bonchev–Trinajstić information content (AvgIpc) is 3.27. The molecule has 0 unspecified atom stereocenters. The quantitative estimate of drug-likeness (QED) is 0.434. The van der Waals surface area contributed by atoms with Crippen molar-refractivity contribution in [2.45, 2.75) is 6.61 Å². The topological polar surface area (TPSA) is 110 Å². The first-order valence-electron chi connectivity index (χ1n) is 9.54. The minimum absolute atomic E-state index is 0.0480. The Hall–Kier alpha value is -3.56. The van der Waals surface area contributed by atoms with E-state index in [-0.39, 0.29) is 12.4 Å². The molecule has 3 aromatic rings. The molecule has 0 aliphatic carbocycles. The van der Waals surface area contributed by atoms with Gasteiger partial charge in [-0.3, -0.25) is 4.79 Å². The second kappa shape index (κ2) is 11.6. The number of aromatic nitrogens is 2. The van der Waals surface area contributed by atoms with Gasteiger partial charge < -0.3 is 23.5 Å². The lowest BCUT2D eigenvalue weighted by Gasteiger charge is -2.09. The van der Waals surface area contributed by atoms with Crippen LogP contribution in [0.4, 0.5) is 0 Å². The fourth-order valence-electron chi connectivity index (χ4n) is 2.67. The molecule has 162 valence electrons. The molecule has 3 heterocycles. The van der Waals surface area contributed by atoms with Crippen LogP contribution in [0.2, 0.25) is 0 Å². The zero-order valence-corrected chi connectivity index (χ0v) is 17.0. The molecule has 2 aromatic heterocycles. The highest BCUT2D eigenvalue weighted by atomic mass is 16.6. The Bertz CT molecular complexity index is 956. The molecule has 0 saturated carbocycles. The molecule has 31 heavy (non-hydrogen) atoms. The number of esters is 1. The molecule has 0 radical (unpaired) electrons. The normalized spacial score (nSPS) is 12.9. The smallest absolute Gasteiger partial charge is 0.339 e. The highest BCUT2D eigenvalue weighted by Crippen LogP contribution is 2.25. The van der Waals surface area contributed by atoms with Crippen LogP contribution >= 0.6 is 0 Å². The van der Waals surface area contributed by atoms with Gasteiger partial charge in [-0.25, -0.2) is 9.78 Å². The maximum absolute atomic E-state index is 11.4. The van der Waals surface area contributed by atoms with Crippen LogP contribution in [-0.4, -0.2) is 55.9 Å². The molecular weight excluding hydrogens is 404 g/mol. The highest BCUT2D eigenvalue weighted by Gasteiger charge is 2.18. The molecule has 0 N–H and O–H groups in total. The van der Waals surface area contributed by atoms with Crippen LogP contribution in [-0.2, 0) is 20.8 Å². The van der Waals surface area contributed by atoms with E-state index in [9.17, 15) is 9.59 Å². The van der Waals surface area contributed by atoms with Crippen molar-refractivity contribution in [3.8, 4) is 17.1 Å². The van der Waals surface area contributed by atoms with Gasteiger partial charge in [0.2, 0.25) is 11.6 Å². The van der Waals surface area contributed by atoms with Crippen molar-refractivity contribution in [3.05, 3.63) is 65.5 Å². The second-order valence-electron chi connectivity index (χ2n) is 6.25. The molecule has 0 atom stereocenters. The summed E-state index contributed by atoms with van der Waals surface area (Å²) in [7, 11) is 1.30. The minimum atomic E-state index is -0.479. The summed E-state index contributed by atoms with van der Waals surface area (Å²) < 4.78 is 25.2. The van der Waals surface area contributed by atoms with Gasteiger partial charge >= 0.3 is 5.97 Å². The molecule has 1 saturated heterocycles. The van der Waals surface area contributed by atoms with Crippen LogP contribution < -0.4 is 4.74 Å². The van der Waals surface area contributed by atoms with E-state index >= 15 is 0 Å². The van der Waals surface area contributed by atoms with Crippen molar-refractivity contribution in [1.82, 2.24) is 10.1 Å². The number of methoxy groups -OCH3 is 1. The summed E-state index contributed by atoms with van der Waals surface area (Å²) >= 11 is 0. The Morgan fingerprint density at radius 2 is 1.77 bits per heavy atom. The number of aldehydes is 1. The molecule has 0 bridgehead atoms. The van der Waals surface area contributed by atoms with Crippen LogP contribution in [0.3, 0.4) is 0 Å². The fraction of sp³-hybridized carbons (Fsp3) is 0.273. The Labute approximate surface area is 178 Å². The zero-order chi connectivity index (χ0) is 21.9. The maximum atomic E-state index is 11.4. The lowest BCUT2D eigenvalue weighted by atomic mass is 10.1. The fourth-order valence-corrected chi connectivity index (χ4v) is 2.67. The van der Waals surface area contributed by atoms with E-state index in [1.807, 2.05) is 30.3 Å². The molecule has 1 fully saturated rings. The summed E-state index contributed by atoms with van der Waals surface area (Å²) in [4.78, 5) is 26.6. The SMILES string of the molecule is C1COCCO1.COC(=O)c1ccc(OCc2c(-c3ccccc3)noc2C=O)nc1. The zero-order valence-electron chi connectivity index (χ0n) is 17.0. The van der Waals surface area contributed by atoms with Crippen molar-refractivity contribution in [2.75, 3.05) is 33.5 Å². The third kappa shape index (κ3) is 6.21. The third-order valence-corrected chi connectivity index (χ3v) is 4.24. The molecule has 0 amide bonds. The van der Waals surface area contributed by atoms with Crippen molar-refractivity contribution < 1.29 is 33.1 Å². The van der Waals surface area contributed by atoms with Crippen molar-refractivity contribution in [1.29, 1.82) is 0 Å². The average molecular weight is 426 g/mol. The number of hydrogen-bond donors (Lipinski definition) is 0. The van der Waals surface area contributed by atoms with E-state index in [1.165, 1.54) is 13.3 Å². The lowest BCUT2D eigenvalue weighted by Crippen LogP contribution is -2.16. The van der Waals surface area contributed by atoms with Gasteiger partial charge in [0.15, 0.2) is 6.29 Å². The first-order chi connectivity index (χ1) is 15.2. The van der Waals surface area contributed by atoms with Crippen LogP contribution in [0.25, 0.3) is 11.3 Å². The molecule has 1 aliphatic rings. The predicted molar refractivity (Wildman–Crippen MR) is 109 cm³/mol. The molecule has 1 aromatic carbocycles. The van der Waals surface area contributed by atoms with E-state index in [0.29, 0.717) is 29.0 Å². The van der Waals surface area contributed by atoms with E-state index < -0.39 is 5.97 Å². The van der Waals surface area contributed by atoms with Gasteiger partial charge in [-0.05, 0) is 6.07 Å². The molecular formula is C22H22N2O7. The summed E-state index contributed by atoms with van der Waals surface area (Å²) in [5.41, 5.74) is 2.19. The minimum Gasteiger partial charge on any atom is -0.473 e. The molecule has 1 aliphatic heterocycles. The first kappa shape index (κ1) is 22.1. The maximum Gasteiger partial charge on any atom is 0.339 e. The van der Waals surface area contributed by atoms with Crippen LogP contribution in [0.15, 0.2) is 53.2 Å². The summed E-state index contributed by atoms with van der Waals surface area (Å²) in [6.07, 6.45) is 1.94. The largest absolute Gasteiger partial charge is 0.473 e. The third-order valence-electron chi connectivity index (χ3n) is 4.24. The van der Waals surface area contributed by atoms with E-state index in [0.717, 1.165) is 32.0 Å². The van der Waals surface area contributed by atoms with Crippen molar-refractivity contribution in [3.63, 3.8) is 0 Å². The monoisotopic (exact) mass is 426 g/mol. The number of benzene rings is 1. The van der Waals surface area contributed by atoms with E-state index in [2.05, 4.69) is 14.9 Å². The number of rotatable bonds is 6. The van der Waals surface area contributed by atoms with Gasteiger partial charge in [-0.2, -0.15) is 0 Å². The van der Waals surface area contributed by atoms with E-state index in [4.69, 9.17) is 18.7 Å². The number of nitrogens with zero attached hydrogens (tertiary/aromatic N) is 2. The van der Waals surface area contributed by atoms with Crippen LogP contribution in [0, 0.1) is 0 Å². The number of carbonyl (C=O) groups is 2. The number of hydrogen-bond acceptors (Lipinski definition) is 9. The first-order valence-corrected chi connectivity index (χ1v) is 9.54. The van der Waals surface area contributed by atoms with Crippen LogP contribution in [0.5, 0.6) is 5.88 Å². The Morgan fingerprint density at radius 1 is 1.06 bits per heavy atom. The summed E-state index contributed by atoms with van der Waals surface area (Å²) in [5, 5.41) is 3.95. The van der Waals surface area contributed by atoms with Crippen LogP contribution in [0.1, 0.15) is 26.5 Å². The lowest BCUT2D eigenvalue weighted by molar-refractivity contribution is -0.0334. The molecule has 4 rings (SSSR count). The Balaban J connectivity index is 0.000000391. The molecule has 0 spiro atoms. The van der Waals surface area contributed by atoms with Gasteiger partial charge in [0, 0.05) is 17.8 Å². The number of ether oxygens (including phenoxy) is 4. The molecule has 9 nitrogen and oxygen atoms in total. The molecule has 9 heteroatoms. The van der Waals surface area contributed by atoms with Gasteiger partial charge in [-0.15, -0.1) is 0 Å².